The van der Waals surface area contributed by atoms with Crippen LogP contribution in [0.15, 0.2) is 0 Å². The summed E-state index contributed by atoms with van der Waals surface area (Å²) in [4.78, 5) is 0. The van der Waals surface area contributed by atoms with E-state index in [1.807, 2.05) is 13.8 Å². The van der Waals surface area contributed by atoms with Crippen LogP contribution in [0.5, 0.6) is 0 Å². The van der Waals surface area contributed by atoms with E-state index in [-0.39, 0.29) is 18.2 Å². The Hall–Kier alpha value is 0.660. The van der Waals surface area contributed by atoms with Gasteiger partial charge in [0.05, 0.1) is 19.8 Å². The van der Waals surface area contributed by atoms with E-state index in [1.54, 1.807) is 0 Å². The highest BCUT2D eigenvalue weighted by Gasteiger charge is 2.48. The van der Waals surface area contributed by atoms with Crippen LogP contribution in [0.4, 0.5) is 0 Å². The maximum Gasteiger partial charge on any atom is 0.120 e. The summed E-state index contributed by atoms with van der Waals surface area (Å²) in [6.07, 6.45) is 0.603. The second-order valence-electron chi connectivity index (χ2n) is 4.53. The Morgan fingerprint density at radius 1 is 1.53 bits per heavy atom. The van der Waals surface area contributed by atoms with Gasteiger partial charge in [-0.1, -0.05) is 6.92 Å². The molecule has 0 amide bonds. The van der Waals surface area contributed by atoms with Crippen molar-refractivity contribution in [3.05, 3.63) is 0 Å². The highest BCUT2D eigenvalue weighted by Crippen LogP contribution is 2.32. The van der Waals surface area contributed by atoms with Gasteiger partial charge in [0.2, 0.25) is 0 Å². The number of ether oxygens (including phenoxy) is 2. The molecule has 0 aromatic carbocycles. The lowest BCUT2D eigenvalue weighted by Gasteiger charge is -2.31. The Balaban J connectivity index is 2.55. The first-order valence-corrected chi connectivity index (χ1v) is 6.70. The number of hydrogen-bond acceptors (Lipinski definition) is 5. The quantitative estimate of drug-likeness (QED) is 0.703. The van der Waals surface area contributed by atoms with Gasteiger partial charge in [-0.15, -0.1) is 0 Å². The third-order valence-corrected chi connectivity index (χ3v) is 3.57. The van der Waals surface area contributed by atoms with Gasteiger partial charge in [-0.25, -0.2) is 0 Å². The van der Waals surface area contributed by atoms with Gasteiger partial charge in [-0.3, -0.25) is 0 Å². The summed E-state index contributed by atoms with van der Waals surface area (Å²) in [5.41, 5.74) is 5.38. The average Bonchev–Trinajstić information content (AvgIpc) is 2.64. The van der Waals surface area contributed by atoms with Gasteiger partial charge in [-0.2, -0.15) is 0 Å². The van der Waals surface area contributed by atoms with Crippen molar-refractivity contribution >= 4 is 18.9 Å². The van der Waals surface area contributed by atoms with E-state index in [1.165, 1.54) is 0 Å². The minimum atomic E-state index is -0.470. The van der Waals surface area contributed by atoms with Crippen LogP contribution < -0.4 is 5.73 Å². The van der Waals surface area contributed by atoms with Gasteiger partial charge in [0.1, 0.15) is 17.8 Å². The van der Waals surface area contributed by atoms with Crippen LogP contribution in [0.2, 0.25) is 0 Å². The van der Waals surface area contributed by atoms with Crippen molar-refractivity contribution in [2.75, 3.05) is 19.8 Å². The summed E-state index contributed by atoms with van der Waals surface area (Å²) < 4.78 is 21.9. The van der Waals surface area contributed by atoms with Gasteiger partial charge in [-0.05, 0) is 13.3 Å². The largest absolute Gasteiger partial charge is 0.370 e. The minimum Gasteiger partial charge on any atom is -0.370 e. The van der Waals surface area contributed by atoms with Crippen LogP contribution in [0.25, 0.3) is 0 Å². The van der Waals surface area contributed by atoms with Crippen LogP contribution in [0, 0.1) is 0 Å². The molecule has 4 unspecified atom stereocenters. The second-order valence-corrected chi connectivity index (χ2v) is 5.14. The first-order chi connectivity index (χ1) is 8.07. The lowest BCUT2D eigenvalue weighted by atomic mass is 9.99. The second kappa shape index (κ2) is 7.30. The SMILES string of the molecule is CCC(N)CO[C@@]1(C)CO[C@H](COP)C1OP. The smallest absolute Gasteiger partial charge is 0.120 e. The summed E-state index contributed by atoms with van der Waals surface area (Å²) >= 11 is 0. The zero-order chi connectivity index (χ0) is 12.9. The first-order valence-electron chi connectivity index (χ1n) is 5.75. The van der Waals surface area contributed by atoms with Gasteiger partial charge in [0.15, 0.2) is 0 Å². The zero-order valence-electron chi connectivity index (χ0n) is 10.4. The maximum atomic E-state index is 5.87. The number of hydrogen-bond donors (Lipinski definition) is 1. The predicted molar refractivity (Wildman–Crippen MR) is 72.6 cm³/mol. The third-order valence-electron chi connectivity index (χ3n) is 3.08. The van der Waals surface area contributed by atoms with Crippen LogP contribution >= 0.6 is 18.9 Å². The fourth-order valence-electron chi connectivity index (χ4n) is 1.84. The van der Waals surface area contributed by atoms with Crippen LogP contribution in [-0.2, 0) is 18.5 Å². The van der Waals surface area contributed by atoms with Crippen molar-refractivity contribution in [3.8, 4) is 0 Å². The molecule has 0 bridgehead atoms. The number of nitrogens with two attached hydrogens (primary N) is 1. The molecular weight excluding hydrogens is 260 g/mol. The lowest BCUT2D eigenvalue weighted by Crippen LogP contribution is -2.47. The van der Waals surface area contributed by atoms with Gasteiger partial charge >= 0.3 is 0 Å². The topological polar surface area (TPSA) is 62.9 Å². The number of rotatable bonds is 7. The normalized spacial score (nSPS) is 35.1. The van der Waals surface area contributed by atoms with Gasteiger partial charge in [0, 0.05) is 25.0 Å². The molecular formula is C10H23NO4P2. The van der Waals surface area contributed by atoms with E-state index in [2.05, 4.69) is 18.9 Å². The Kier molecular flexibility index (Phi) is 6.75. The van der Waals surface area contributed by atoms with Crippen LogP contribution in [0.1, 0.15) is 20.3 Å². The molecule has 1 fully saturated rings. The molecule has 7 heteroatoms. The molecule has 0 radical (unpaired) electrons. The van der Waals surface area contributed by atoms with Crippen molar-refractivity contribution in [2.45, 2.75) is 44.1 Å². The fraction of sp³-hybridized carbons (Fsp3) is 1.00. The van der Waals surface area contributed by atoms with E-state index in [9.17, 15) is 0 Å². The molecule has 0 aromatic rings. The molecule has 102 valence electrons. The Labute approximate surface area is 108 Å². The molecule has 0 aromatic heterocycles. The molecule has 0 saturated carbocycles. The lowest BCUT2D eigenvalue weighted by molar-refractivity contribution is -0.0828. The standard InChI is InChI=1S/C10H23NO4P2/c1-3-7(11)4-13-10(2)6-12-8(5-14-16)9(10)15-17/h7-9H,3-6,11,16-17H2,1-2H3/t7?,8-,9?,10+/m1/s1. The molecule has 0 aliphatic carbocycles. The molecule has 1 aliphatic heterocycles. The van der Waals surface area contributed by atoms with E-state index in [0.717, 1.165) is 6.42 Å². The molecule has 1 heterocycles. The molecule has 1 rings (SSSR count). The predicted octanol–water partition coefficient (Wildman–Crippen LogP) is 0.880. The Bertz CT molecular complexity index is 234. The summed E-state index contributed by atoms with van der Waals surface area (Å²) in [5.74, 6) is 0. The van der Waals surface area contributed by atoms with Crippen molar-refractivity contribution < 1.29 is 18.5 Å². The van der Waals surface area contributed by atoms with E-state index in [0.29, 0.717) is 19.8 Å². The monoisotopic (exact) mass is 283 g/mol. The molecule has 5 nitrogen and oxygen atoms in total. The summed E-state index contributed by atoms with van der Waals surface area (Å²) in [6.45, 7) is 5.47. The minimum absolute atomic E-state index is 0.0500. The van der Waals surface area contributed by atoms with E-state index < -0.39 is 5.60 Å². The van der Waals surface area contributed by atoms with Crippen LogP contribution in [0.3, 0.4) is 0 Å². The van der Waals surface area contributed by atoms with Gasteiger partial charge in [0.25, 0.3) is 0 Å². The van der Waals surface area contributed by atoms with Gasteiger partial charge < -0.3 is 24.3 Å². The molecule has 2 N–H and O–H groups in total. The van der Waals surface area contributed by atoms with E-state index in [4.69, 9.17) is 24.3 Å². The molecule has 17 heavy (non-hydrogen) atoms. The highest BCUT2D eigenvalue weighted by atomic mass is 31.0. The van der Waals surface area contributed by atoms with Crippen molar-refractivity contribution in [3.63, 3.8) is 0 Å². The third kappa shape index (κ3) is 4.07. The summed E-state index contributed by atoms with van der Waals surface area (Å²) in [6, 6.07) is 0.0500. The van der Waals surface area contributed by atoms with Crippen molar-refractivity contribution in [1.29, 1.82) is 0 Å². The van der Waals surface area contributed by atoms with Crippen LogP contribution in [-0.4, -0.2) is 43.7 Å². The zero-order valence-corrected chi connectivity index (χ0v) is 12.7. The Morgan fingerprint density at radius 2 is 2.24 bits per heavy atom. The first kappa shape index (κ1) is 15.7. The Morgan fingerprint density at radius 3 is 2.76 bits per heavy atom. The fourth-order valence-corrected chi connectivity index (χ4v) is 2.49. The molecule has 1 aliphatic rings. The maximum absolute atomic E-state index is 5.87. The molecule has 0 spiro atoms. The molecule has 1 saturated heterocycles. The molecule has 6 atom stereocenters. The average molecular weight is 283 g/mol. The highest BCUT2D eigenvalue weighted by molar-refractivity contribution is 7.10. The summed E-state index contributed by atoms with van der Waals surface area (Å²) in [5, 5.41) is 0. The van der Waals surface area contributed by atoms with E-state index >= 15 is 0 Å². The van der Waals surface area contributed by atoms with Crippen molar-refractivity contribution in [2.24, 2.45) is 5.73 Å². The summed E-state index contributed by atoms with van der Waals surface area (Å²) in [7, 11) is 4.49. The van der Waals surface area contributed by atoms with Crippen molar-refractivity contribution in [1.82, 2.24) is 0 Å².